The number of nitrogens with zero attached hydrogens (tertiary/aromatic N) is 1. The molecule has 1 atom stereocenters. The lowest BCUT2D eigenvalue weighted by molar-refractivity contribution is 0.238. The van der Waals surface area contributed by atoms with E-state index in [9.17, 15) is 4.79 Å². The van der Waals surface area contributed by atoms with Crippen molar-refractivity contribution in [2.75, 3.05) is 13.7 Å². The Hall–Kier alpha value is -2.50. The van der Waals surface area contributed by atoms with E-state index >= 15 is 0 Å². The van der Waals surface area contributed by atoms with Crippen LogP contribution < -0.4 is 15.4 Å². The fraction of sp³-hybridized carbons (Fsp3) is 0.375. The number of H-pyrrole nitrogens is 1. The molecule has 0 fully saturated rings. The number of hydrogen-bond donors (Lipinski definition) is 3. The molecule has 0 spiro atoms. The van der Waals surface area contributed by atoms with Crippen LogP contribution in [0, 0.1) is 0 Å². The molecule has 1 aromatic heterocycles. The molecule has 0 saturated heterocycles. The Kier molecular flexibility index (Phi) is 5.82. The Labute approximate surface area is 130 Å². The summed E-state index contributed by atoms with van der Waals surface area (Å²) < 4.78 is 5.13. The first-order valence-electron chi connectivity index (χ1n) is 7.32. The first kappa shape index (κ1) is 15.9. The van der Waals surface area contributed by atoms with E-state index in [1.54, 1.807) is 19.6 Å². The highest BCUT2D eigenvalue weighted by Gasteiger charge is 2.08. The summed E-state index contributed by atoms with van der Waals surface area (Å²) in [6.07, 6.45) is 4.90. The largest absolute Gasteiger partial charge is 0.497 e. The molecule has 0 radical (unpaired) electrons. The van der Waals surface area contributed by atoms with Crippen molar-refractivity contribution in [3.63, 3.8) is 0 Å². The second-order valence-corrected chi connectivity index (χ2v) is 5.18. The Morgan fingerprint density at radius 2 is 2.14 bits per heavy atom. The van der Waals surface area contributed by atoms with Crippen LogP contribution in [0.4, 0.5) is 4.79 Å². The van der Waals surface area contributed by atoms with Crippen molar-refractivity contribution >= 4 is 6.03 Å². The van der Waals surface area contributed by atoms with Gasteiger partial charge in [-0.1, -0.05) is 12.1 Å². The maximum Gasteiger partial charge on any atom is 0.315 e. The van der Waals surface area contributed by atoms with Gasteiger partial charge < -0.3 is 20.4 Å². The average Bonchev–Trinajstić information content (AvgIpc) is 3.01. The molecule has 1 heterocycles. The molecule has 22 heavy (non-hydrogen) atoms. The summed E-state index contributed by atoms with van der Waals surface area (Å²) in [5, 5.41) is 5.77. The van der Waals surface area contributed by atoms with Crippen molar-refractivity contribution in [1.82, 2.24) is 20.6 Å². The number of rotatable bonds is 7. The third-order valence-corrected chi connectivity index (χ3v) is 3.31. The summed E-state index contributed by atoms with van der Waals surface area (Å²) in [5.41, 5.74) is 2.16. The van der Waals surface area contributed by atoms with Crippen LogP contribution in [-0.4, -0.2) is 35.7 Å². The highest BCUT2D eigenvalue weighted by atomic mass is 16.5. The zero-order valence-electron chi connectivity index (χ0n) is 12.9. The van der Waals surface area contributed by atoms with E-state index < -0.39 is 0 Å². The van der Waals surface area contributed by atoms with Crippen LogP contribution >= 0.6 is 0 Å². The molecule has 3 N–H and O–H groups in total. The number of methoxy groups -OCH3 is 1. The summed E-state index contributed by atoms with van der Waals surface area (Å²) in [5.74, 6) is 0.834. The number of carbonyl (C=O) groups excluding carboxylic acids is 1. The summed E-state index contributed by atoms with van der Waals surface area (Å²) in [6, 6.07) is 7.76. The summed E-state index contributed by atoms with van der Waals surface area (Å²) in [6.45, 7) is 2.56. The van der Waals surface area contributed by atoms with Crippen LogP contribution in [0.25, 0.3) is 0 Å². The van der Waals surface area contributed by atoms with Crippen molar-refractivity contribution in [1.29, 1.82) is 0 Å². The number of ether oxygens (including phenoxy) is 1. The molecule has 0 aliphatic rings. The molecule has 6 nitrogen and oxygen atoms in total. The lowest BCUT2D eigenvalue weighted by Gasteiger charge is -2.15. The smallest absolute Gasteiger partial charge is 0.315 e. The average molecular weight is 302 g/mol. The number of urea groups is 1. The quantitative estimate of drug-likeness (QED) is 0.731. The van der Waals surface area contributed by atoms with Gasteiger partial charge in [0.05, 0.1) is 13.4 Å². The number of nitrogens with one attached hydrogen (secondary N) is 3. The highest BCUT2D eigenvalue weighted by molar-refractivity contribution is 5.74. The van der Waals surface area contributed by atoms with E-state index in [0.717, 1.165) is 29.8 Å². The van der Waals surface area contributed by atoms with Crippen molar-refractivity contribution in [2.24, 2.45) is 0 Å². The van der Waals surface area contributed by atoms with Crippen molar-refractivity contribution in [2.45, 2.75) is 25.8 Å². The number of amides is 2. The monoisotopic (exact) mass is 302 g/mol. The Morgan fingerprint density at radius 1 is 1.36 bits per heavy atom. The lowest BCUT2D eigenvalue weighted by atomic mass is 10.1. The minimum Gasteiger partial charge on any atom is -0.497 e. The van der Waals surface area contributed by atoms with Gasteiger partial charge in [0.15, 0.2) is 0 Å². The van der Waals surface area contributed by atoms with Crippen molar-refractivity contribution in [3.05, 3.63) is 48.0 Å². The van der Waals surface area contributed by atoms with Crippen LogP contribution in [-0.2, 0) is 12.8 Å². The van der Waals surface area contributed by atoms with E-state index in [0.29, 0.717) is 6.54 Å². The van der Waals surface area contributed by atoms with Crippen LogP contribution in [0.15, 0.2) is 36.8 Å². The fourth-order valence-corrected chi connectivity index (χ4v) is 2.17. The highest BCUT2D eigenvalue weighted by Crippen LogP contribution is 2.12. The Morgan fingerprint density at radius 3 is 2.77 bits per heavy atom. The summed E-state index contributed by atoms with van der Waals surface area (Å²) >= 11 is 0. The van der Waals surface area contributed by atoms with Gasteiger partial charge in [-0.3, -0.25) is 0 Å². The number of aromatic amines is 1. The topological polar surface area (TPSA) is 79.0 Å². The summed E-state index contributed by atoms with van der Waals surface area (Å²) in [4.78, 5) is 18.7. The molecule has 2 rings (SSSR count). The van der Waals surface area contributed by atoms with Gasteiger partial charge in [0.2, 0.25) is 0 Å². The molecule has 1 unspecified atom stereocenters. The van der Waals surface area contributed by atoms with Gasteiger partial charge in [0, 0.05) is 30.9 Å². The number of imidazole rings is 1. The lowest BCUT2D eigenvalue weighted by Crippen LogP contribution is -2.42. The predicted octanol–water partition coefficient (Wildman–Crippen LogP) is 1.89. The molecular weight excluding hydrogens is 280 g/mol. The number of aromatic nitrogens is 2. The van der Waals surface area contributed by atoms with Crippen LogP contribution in [0.5, 0.6) is 5.75 Å². The molecular formula is C16H22N4O2. The normalized spacial score (nSPS) is 11.7. The first-order chi connectivity index (χ1) is 10.7. The molecule has 6 heteroatoms. The van der Waals surface area contributed by atoms with Crippen molar-refractivity contribution in [3.8, 4) is 5.75 Å². The van der Waals surface area contributed by atoms with E-state index in [1.165, 1.54) is 0 Å². The summed E-state index contributed by atoms with van der Waals surface area (Å²) in [7, 11) is 1.65. The minimum absolute atomic E-state index is 0.0561. The molecule has 0 aliphatic carbocycles. The number of carbonyl (C=O) groups is 1. The number of benzene rings is 1. The zero-order valence-corrected chi connectivity index (χ0v) is 12.9. The van der Waals surface area contributed by atoms with Gasteiger partial charge in [-0.05, 0) is 31.0 Å². The van der Waals surface area contributed by atoms with Gasteiger partial charge in [0.25, 0.3) is 0 Å². The second-order valence-electron chi connectivity index (χ2n) is 5.18. The second kappa shape index (κ2) is 8.07. The van der Waals surface area contributed by atoms with Crippen LogP contribution in [0.3, 0.4) is 0 Å². The molecule has 118 valence electrons. The maximum absolute atomic E-state index is 11.8. The fourth-order valence-electron chi connectivity index (χ4n) is 2.17. The molecule has 0 bridgehead atoms. The van der Waals surface area contributed by atoms with Gasteiger partial charge in [-0.15, -0.1) is 0 Å². The Balaban J connectivity index is 1.68. The first-order valence-corrected chi connectivity index (χ1v) is 7.32. The molecule has 2 aromatic rings. The van der Waals surface area contributed by atoms with Crippen LogP contribution in [0.2, 0.25) is 0 Å². The predicted molar refractivity (Wildman–Crippen MR) is 85.0 cm³/mol. The van der Waals surface area contributed by atoms with Gasteiger partial charge >= 0.3 is 6.03 Å². The standard InChI is InChI=1S/C16H22N4O2/c1-12(9-13-3-5-15(22-2)6-4-13)20-16(21)18-8-7-14-10-17-11-19-14/h3-6,10-12H,7-9H2,1-2H3,(H,17,19)(H2,18,20,21). The van der Waals surface area contributed by atoms with Gasteiger partial charge in [-0.25, -0.2) is 9.78 Å². The van der Waals surface area contributed by atoms with Crippen molar-refractivity contribution < 1.29 is 9.53 Å². The van der Waals surface area contributed by atoms with E-state index in [-0.39, 0.29) is 12.1 Å². The minimum atomic E-state index is -0.152. The third-order valence-electron chi connectivity index (χ3n) is 3.31. The zero-order chi connectivity index (χ0) is 15.8. The van der Waals surface area contributed by atoms with E-state index in [2.05, 4.69) is 20.6 Å². The van der Waals surface area contributed by atoms with Crippen LogP contribution in [0.1, 0.15) is 18.2 Å². The molecule has 0 saturated carbocycles. The van der Waals surface area contributed by atoms with E-state index in [4.69, 9.17) is 4.74 Å². The third kappa shape index (κ3) is 5.12. The molecule has 2 amide bonds. The molecule has 1 aromatic carbocycles. The molecule has 0 aliphatic heterocycles. The van der Waals surface area contributed by atoms with Gasteiger partial charge in [0.1, 0.15) is 5.75 Å². The SMILES string of the molecule is COc1ccc(CC(C)NC(=O)NCCc2cnc[nH]2)cc1. The Bertz CT molecular complexity index is 566. The maximum atomic E-state index is 11.8. The van der Waals surface area contributed by atoms with Gasteiger partial charge in [-0.2, -0.15) is 0 Å². The van der Waals surface area contributed by atoms with E-state index in [1.807, 2.05) is 31.2 Å². The number of hydrogen-bond acceptors (Lipinski definition) is 3.